The summed E-state index contributed by atoms with van der Waals surface area (Å²) < 4.78 is 18.7. The highest BCUT2D eigenvalue weighted by atomic mass is 35.5. The maximum absolute atomic E-state index is 13.1. The SMILES string of the molecule is CC(Oc1ccc(F)cc1Cl)C(=O)N1CCC2(CCNC2)CC1. The lowest BCUT2D eigenvalue weighted by atomic mass is 9.78. The summed E-state index contributed by atoms with van der Waals surface area (Å²) in [6, 6.07) is 3.92. The van der Waals surface area contributed by atoms with Crippen molar-refractivity contribution in [2.24, 2.45) is 5.41 Å². The van der Waals surface area contributed by atoms with E-state index in [9.17, 15) is 9.18 Å². The highest BCUT2D eigenvalue weighted by Gasteiger charge is 2.38. The van der Waals surface area contributed by atoms with Gasteiger partial charge in [-0.1, -0.05) is 11.6 Å². The van der Waals surface area contributed by atoms with Crippen molar-refractivity contribution in [2.75, 3.05) is 26.2 Å². The van der Waals surface area contributed by atoms with Crippen LogP contribution < -0.4 is 10.1 Å². The van der Waals surface area contributed by atoms with Crippen molar-refractivity contribution in [3.63, 3.8) is 0 Å². The molecule has 0 saturated carbocycles. The van der Waals surface area contributed by atoms with E-state index in [1.165, 1.54) is 24.6 Å². The average molecular weight is 341 g/mol. The summed E-state index contributed by atoms with van der Waals surface area (Å²) in [6.07, 6.45) is 2.64. The van der Waals surface area contributed by atoms with Gasteiger partial charge in [0.15, 0.2) is 6.10 Å². The topological polar surface area (TPSA) is 41.6 Å². The van der Waals surface area contributed by atoms with Gasteiger partial charge < -0.3 is 15.0 Å². The molecule has 0 radical (unpaired) electrons. The maximum Gasteiger partial charge on any atom is 0.263 e. The highest BCUT2D eigenvalue weighted by molar-refractivity contribution is 6.32. The number of amides is 1. The second-order valence-electron chi connectivity index (χ2n) is 6.59. The first-order valence-corrected chi connectivity index (χ1v) is 8.48. The molecule has 0 aromatic heterocycles. The van der Waals surface area contributed by atoms with Crippen molar-refractivity contribution in [1.82, 2.24) is 10.2 Å². The fraction of sp³-hybridized carbons (Fsp3) is 0.588. The van der Waals surface area contributed by atoms with Crippen LogP contribution in [0.25, 0.3) is 0 Å². The van der Waals surface area contributed by atoms with Crippen LogP contribution in [0.2, 0.25) is 5.02 Å². The van der Waals surface area contributed by atoms with Gasteiger partial charge in [0.1, 0.15) is 11.6 Å². The number of likely N-dealkylation sites (tertiary alicyclic amines) is 1. The average Bonchev–Trinajstić information content (AvgIpc) is 2.98. The molecule has 126 valence electrons. The maximum atomic E-state index is 13.1. The summed E-state index contributed by atoms with van der Waals surface area (Å²) in [6.45, 7) is 5.39. The quantitative estimate of drug-likeness (QED) is 0.920. The molecule has 2 fully saturated rings. The molecule has 1 amide bonds. The first kappa shape index (κ1) is 16.5. The van der Waals surface area contributed by atoms with E-state index >= 15 is 0 Å². The Morgan fingerprint density at radius 1 is 1.39 bits per heavy atom. The second kappa shape index (κ2) is 6.65. The third-order valence-electron chi connectivity index (χ3n) is 5.01. The Bertz CT molecular complexity index is 580. The molecular weight excluding hydrogens is 319 g/mol. The largest absolute Gasteiger partial charge is 0.479 e. The van der Waals surface area contributed by atoms with E-state index < -0.39 is 11.9 Å². The van der Waals surface area contributed by atoms with Gasteiger partial charge in [-0.05, 0) is 56.3 Å². The van der Waals surface area contributed by atoms with Crippen LogP contribution >= 0.6 is 11.6 Å². The van der Waals surface area contributed by atoms with Crippen LogP contribution in [0.1, 0.15) is 26.2 Å². The number of carbonyl (C=O) groups is 1. The van der Waals surface area contributed by atoms with Crippen LogP contribution in [0.15, 0.2) is 18.2 Å². The minimum atomic E-state index is -0.631. The number of piperidine rings is 1. The summed E-state index contributed by atoms with van der Waals surface area (Å²) in [5.41, 5.74) is 0.376. The summed E-state index contributed by atoms with van der Waals surface area (Å²) in [7, 11) is 0. The molecule has 1 aromatic carbocycles. The monoisotopic (exact) mass is 340 g/mol. The number of nitrogens with one attached hydrogen (secondary N) is 1. The number of carbonyl (C=O) groups excluding carboxylic acids is 1. The Morgan fingerprint density at radius 3 is 2.74 bits per heavy atom. The standard InChI is InChI=1S/C17H22ClFN2O2/c1-12(23-15-3-2-13(19)10-14(15)18)16(22)21-8-5-17(6-9-21)4-7-20-11-17/h2-3,10,12,20H,4-9,11H2,1H3. The molecule has 1 unspecified atom stereocenters. The number of benzene rings is 1. The molecular formula is C17H22ClFN2O2. The zero-order valence-electron chi connectivity index (χ0n) is 13.3. The van der Waals surface area contributed by atoms with Crippen molar-refractivity contribution < 1.29 is 13.9 Å². The molecule has 1 aromatic rings. The van der Waals surface area contributed by atoms with Gasteiger partial charge in [0.2, 0.25) is 0 Å². The molecule has 0 bridgehead atoms. The number of rotatable bonds is 3. The van der Waals surface area contributed by atoms with Gasteiger partial charge in [0.25, 0.3) is 5.91 Å². The van der Waals surface area contributed by atoms with E-state index in [-0.39, 0.29) is 10.9 Å². The third-order valence-corrected chi connectivity index (χ3v) is 5.31. The molecule has 4 nitrogen and oxygen atoms in total. The Hall–Kier alpha value is -1.33. The number of ether oxygens (including phenoxy) is 1. The zero-order chi connectivity index (χ0) is 16.4. The van der Waals surface area contributed by atoms with Gasteiger partial charge in [0.05, 0.1) is 5.02 Å². The van der Waals surface area contributed by atoms with E-state index in [1.54, 1.807) is 6.92 Å². The van der Waals surface area contributed by atoms with Gasteiger partial charge in [0, 0.05) is 19.6 Å². The second-order valence-corrected chi connectivity index (χ2v) is 6.99. The molecule has 2 aliphatic rings. The first-order chi connectivity index (χ1) is 11.0. The predicted molar refractivity (Wildman–Crippen MR) is 87.2 cm³/mol. The van der Waals surface area contributed by atoms with Crippen molar-refractivity contribution >= 4 is 17.5 Å². The molecule has 23 heavy (non-hydrogen) atoms. The molecule has 2 saturated heterocycles. The Kier molecular flexibility index (Phi) is 4.78. The van der Waals surface area contributed by atoms with Crippen LogP contribution in [0, 0.1) is 11.2 Å². The lowest BCUT2D eigenvalue weighted by molar-refractivity contribution is -0.140. The molecule has 1 spiro atoms. The van der Waals surface area contributed by atoms with Gasteiger partial charge in [-0.3, -0.25) is 4.79 Å². The Labute approximate surface area is 140 Å². The van der Waals surface area contributed by atoms with Crippen molar-refractivity contribution in [2.45, 2.75) is 32.3 Å². The summed E-state index contributed by atoms with van der Waals surface area (Å²) in [4.78, 5) is 14.4. The van der Waals surface area contributed by atoms with E-state index in [4.69, 9.17) is 16.3 Å². The van der Waals surface area contributed by atoms with Crippen LogP contribution in [0.5, 0.6) is 5.75 Å². The number of hydrogen-bond acceptors (Lipinski definition) is 3. The van der Waals surface area contributed by atoms with E-state index in [0.29, 0.717) is 11.2 Å². The van der Waals surface area contributed by atoms with Crippen LogP contribution in [-0.4, -0.2) is 43.1 Å². The minimum absolute atomic E-state index is 0.0359. The third kappa shape index (κ3) is 3.61. The number of nitrogens with zero attached hydrogens (tertiary/aromatic N) is 1. The Balaban J connectivity index is 1.57. The molecule has 2 aliphatic heterocycles. The first-order valence-electron chi connectivity index (χ1n) is 8.10. The van der Waals surface area contributed by atoms with E-state index in [1.807, 2.05) is 4.90 Å². The molecule has 1 N–H and O–H groups in total. The van der Waals surface area contributed by atoms with Gasteiger partial charge in [-0.15, -0.1) is 0 Å². The summed E-state index contributed by atoms with van der Waals surface area (Å²) in [5, 5.41) is 3.60. The van der Waals surface area contributed by atoms with Gasteiger partial charge in [-0.25, -0.2) is 4.39 Å². The smallest absolute Gasteiger partial charge is 0.263 e. The number of halogens is 2. The fourth-order valence-corrected chi connectivity index (χ4v) is 3.70. The van der Waals surface area contributed by atoms with Gasteiger partial charge >= 0.3 is 0 Å². The van der Waals surface area contributed by atoms with Crippen LogP contribution in [-0.2, 0) is 4.79 Å². The molecule has 0 aliphatic carbocycles. The lowest BCUT2D eigenvalue weighted by Gasteiger charge is -2.39. The van der Waals surface area contributed by atoms with E-state index in [2.05, 4.69) is 5.32 Å². The summed E-state index contributed by atoms with van der Waals surface area (Å²) in [5.74, 6) is -0.124. The molecule has 1 atom stereocenters. The highest BCUT2D eigenvalue weighted by Crippen LogP contribution is 2.37. The van der Waals surface area contributed by atoms with E-state index in [0.717, 1.165) is 39.0 Å². The van der Waals surface area contributed by atoms with Crippen molar-refractivity contribution in [1.29, 1.82) is 0 Å². The Morgan fingerprint density at radius 2 is 2.13 bits per heavy atom. The van der Waals surface area contributed by atoms with Gasteiger partial charge in [-0.2, -0.15) is 0 Å². The van der Waals surface area contributed by atoms with Crippen LogP contribution in [0.3, 0.4) is 0 Å². The molecule has 6 heteroatoms. The summed E-state index contributed by atoms with van der Waals surface area (Å²) >= 11 is 5.95. The number of hydrogen-bond donors (Lipinski definition) is 1. The van der Waals surface area contributed by atoms with Crippen molar-refractivity contribution in [3.05, 3.63) is 29.0 Å². The molecule has 2 heterocycles. The zero-order valence-corrected chi connectivity index (χ0v) is 14.0. The fourth-order valence-electron chi connectivity index (χ4n) is 3.49. The lowest BCUT2D eigenvalue weighted by Crippen LogP contribution is -2.48. The molecule has 3 rings (SSSR count). The minimum Gasteiger partial charge on any atom is -0.479 e. The predicted octanol–water partition coefficient (Wildman–Crippen LogP) is 2.85. The van der Waals surface area contributed by atoms with Crippen molar-refractivity contribution in [3.8, 4) is 5.75 Å². The normalized spacial score (nSPS) is 21.4. The van der Waals surface area contributed by atoms with Crippen LogP contribution in [0.4, 0.5) is 4.39 Å².